The number of nitrogens with two attached hydrogens (primary N) is 2. The largest absolute Gasteiger partial charge is 0.508 e. The molecule has 0 radical (unpaired) electrons. The highest BCUT2D eigenvalue weighted by Crippen LogP contribution is 2.32. The summed E-state index contributed by atoms with van der Waals surface area (Å²) in [5.41, 5.74) is 0.444. The van der Waals surface area contributed by atoms with Crippen molar-refractivity contribution in [3.8, 4) is 11.5 Å². The fourth-order valence-corrected chi connectivity index (χ4v) is 2.40. The zero-order valence-corrected chi connectivity index (χ0v) is 14.3. The standard InChI is InChI=1S/C17H20F2N4O3/c1-10-8-11(24)6-7-15(10)26-9-13-12(16(18)19)4-3-5-14(13)23(21)17(25)22(2)20/h3-8,16,24H,9,20-21H2,1-2H3. The molecule has 0 spiro atoms. The lowest BCUT2D eigenvalue weighted by atomic mass is 10.1. The van der Waals surface area contributed by atoms with Gasteiger partial charge in [0.2, 0.25) is 0 Å². The van der Waals surface area contributed by atoms with E-state index in [1.54, 1.807) is 6.92 Å². The van der Waals surface area contributed by atoms with Gasteiger partial charge in [-0.25, -0.2) is 30.3 Å². The number of halogens is 2. The third-order valence-electron chi connectivity index (χ3n) is 3.72. The normalized spacial score (nSPS) is 10.7. The van der Waals surface area contributed by atoms with Gasteiger partial charge in [-0.15, -0.1) is 0 Å². The van der Waals surface area contributed by atoms with Crippen molar-refractivity contribution in [3.63, 3.8) is 0 Å². The fourth-order valence-electron chi connectivity index (χ4n) is 2.40. The van der Waals surface area contributed by atoms with E-state index in [4.69, 9.17) is 16.4 Å². The second-order valence-corrected chi connectivity index (χ2v) is 5.65. The molecule has 140 valence electrons. The van der Waals surface area contributed by atoms with E-state index >= 15 is 0 Å². The van der Waals surface area contributed by atoms with E-state index in [0.717, 1.165) is 5.01 Å². The quantitative estimate of drug-likeness (QED) is 0.429. The number of carbonyl (C=O) groups is 1. The number of anilines is 1. The van der Waals surface area contributed by atoms with E-state index in [0.29, 0.717) is 16.3 Å². The van der Waals surface area contributed by atoms with Crippen molar-refractivity contribution >= 4 is 11.7 Å². The van der Waals surface area contributed by atoms with Gasteiger partial charge in [-0.2, -0.15) is 0 Å². The van der Waals surface area contributed by atoms with Crippen molar-refractivity contribution in [2.45, 2.75) is 20.0 Å². The van der Waals surface area contributed by atoms with Crippen molar-refractivity contribution in [1.29, 1.82) is 0 Å². The number of rotatable bonds is 5. The number of hydrazine groups is 2. The van der Waals surface area contributed by atoms with Crippen LogP contribution in [0.1, 0.15) is 23.1 Å². The molecule has 7 nitrogen and oxygen atoms in total. The molecule has 0 aliphatic heterocycles. The Morgan fingerprint density at radius 2 is 1.96 bits per heavy atom. The number of phenols is 1. The summed E-state index contributed by atoms with van der Waals surface area (Å²) in [7, 11) is 1.29. The number of ether oxygens (including phenoxy) is 1. The maximum atomic E-state index is 13.4. The van der Waals surface area contributed by atoms with Crippen LogP contribution in [0.25, 0.3) is 0 Å². The van der Waals surface area contributed by atoms with E-state index in [1.807, 2.05) is 0 Å². The Bertz CT molecular complexity index is 800. The van der Waals surface area contributed by atoms with Crippen molar-refractivity contribution < 1.29 is 23.4 Å². The zero-order chi connectivity index (χ0) is 19.4. The number of nitrogens with zero attached hydrogens (tertiary/aromatic N) is 2. The lowest BCUT2D eigenvalue weighted by Gasteiger charge is -2.24. The van der Waals surface area contributed by atoms with Crippen LogP contribution in [-0.4, -0.2) is 23.2 Å². The molecule has 0 aliphatic carbocycles. The van der Waals surface area contributed by atoms with E-state index in [1.165, 1.54) is 43.4 Å². The zero-order valence-electron chi connectivity index (χ0n) is 14.3. The molecule has 0 saturated heterocycles. The lowest BCUT2D eigenvalue weighted by molar-refractivity contribution is 0.148. The predicted molar refractivity (Wildman–Crippen MR) is 92.6 cm³/mol. The van der Waals surface area contributed by atoms with Crippen LogP contribution in [0.2, 0.25) is 0 Å². The van der Waals surface area contributed by atoms with Gasteiger partial charge in [-0.1, -0.05) is 12.1 Å². The first-order chi connectivity index (χ1) is 12.2. The van der Waals surface area contributed by atoms with Crippen LogP contribution >= 0.6 is 0 Å². The highest BCUT2D eigenvalue weighted by Gasteiger charge is 2.23. The summed E-state index contributed by atoms with van der Waals surface area (Å²) in [6.45, 7) is 1.45. The number of phenolic OH excluding ortho intramolecular Hbond substituents is 1. The first kappa shape index (κ1) is 19.4. The SMILES string of the molecule is Cc1cc(O)ccc1OCc1c(C(F)F)cccc1N(N)C(=O)N(C)N. The van der Waals surface area contributed by atoms with E-state index in [2.05, 4.69) is 0 Å². The predicted octanol–water partition coefficient (Wildman–Crippen LogP) is 2.82. The Morgan fingerprint density at radius 3 is 2.54 bits per heavy atom. The number of urea groups is 1. The van der Waals surface area contributed by atoms with Crippen LogP contribution in [0.5, 0.6) is 11.5 Å². The van der Waals surface area contributed by atoms with Crippen molar-refractivity contribution in [3.05, 3.63) is 53.1 Å². The Morgan fingerprint density at radius 1 is 1.27 bits per heavy atom. The Balaban J connectivity index is 2.39. The van der Waals surface area contributed by atoms with Crippen LogP contribution in [0, 0.1) is 6.92 Å². The molecule has 0 aliphatic rings. The summed E-state index contributed by atoms with van der Waals surface area (Å²) in [5.74, 6) is 11.6. The Labute approximate surface area is 149 Å². The molecule has 0 aromatic heterocycles. The minimum absolute atomic E-state index is 0.0570. The number of aryl methyl sites for hydroxylation is 1. The van der Waals surface area contributed by atoms with Crippen LogP contribution in [0.15, 0.2) is 36.4 Å². The number of benzene rings is 2. The first-order valence-corrected chi connectivity index (χ1v) is 7.62. The average Bonchev–Trinajstić information content (AvgIpc) is 2.59. The third kappa shape index (κ3) is 4.19. The molecule has 0 saturated carbocycles. The molecule has 2 aromatic carbocycles. The van der Waals surface area contributed by atoms with Gasteiger partial charge in [-0.05, 0) is 36.8 Å². The van der Waals surface area contributed by atoms with Gasteiger partial charge in [-0.3, -0.25) is 5.01 Å². The number of hydrogen-bond donors (Lipinski definition) is 3. The molecule has 0 bridgehead atoms. The van der Waals surface area contributed by atoms with Crippen LogP contribution < -0.4 is 21.4 Å². The van der Waals surface area contributed by atoms with Gasteiger partial charge in [0, 0.05) is 18.2 Å². The highest BCUT2D eigenvalue weighted by molar-refractivity contribution is 5.91. The topological polar surface area (TPSA) is 105 Å². The van der Waals surface area contributed by atoms with Gasteiger partial charge in [0.25, 0.3) is 6.43 Å². The van der Waals surface area contributed by atoms with Crippen LogP contribution in [0.3, 0.4) is 0 Å². The number of alkyl halides is 2. The summed E-state index contributed by atoms with van der Waals surface area (Å²) in [5, 5.41) is 10.9. The van der Waals surface area contributed by atoms with Crippen LogP contribution in [0.4, 0.5) is 19.3 Å². The minimum atomic E-state index is -2.78. The average molecular weight is 366 g/mol. The molecule has 5 N–H and O–H groups in total. The number of hydrogen-bond acceptors (Lipinski definition) is 5. The number of amides is 2. The number of aromatic hydroxyl groups is 1. The molecular weight excluding hydrogens is 346 g/mol. The van der Waals surface area contributed by atoms with Crippen molar-refractivity contribution in [2.24, 2.45) is 11.7 Å². The van der Waals surface area contributed by atoms with Gasteiger partial charge in [0.05, 0.1) is 5.69 Å². The smallest absolute Gasteiger partial charge is 0.352 e. The maximum absolute atomic E-state index is 13.4. The first-order valence-electron chi connectivity index (χ1n) is 7.62. The van der Waals surface area contributed by atoms with Crippen LogP contribution in [-0.2, 0) is 6.61 Å². The van der Waals surface area contributed by atoms with E-state index in [9.17, 15) is 18.7 Å². The molecule has 0 atom stereocenters. The molecule has 26 heavy (non-hydrogen) atoms. The summed E-state index contributed by atoms with van der Waals surface area (Å²) < 4.78 is 32.5. The van der Waals surface area contributed by atoms with Crippen molar-refractivity contribution in [2.75, 3.05) is 12.1 Å². The lowest BCUT2D eigenvalue weighted by Crippen LogP contribution is -2.49. The second kappa shape index (κ2) is 7.98. The Hall–Kier alpha value is -2.91. The van der Waals surface area contributed by atoms with Gasteiger partial charge >= 0.3 is 6.03 Å². The molecule has 0 unspecified atom stereocenters. The summed E-state index contributed by atoms with van der Waals surface area (Å²) in [6, 6.07) is 7.68. The molecular formula is C17H20F2N4O3. The third-order valence-corrected chi connectivity index (χ3v) is 3.72. The minimum Gasteiger partial charge on any atom is -0.508 e. The maximum Gasteiger partial charge on any atom is 0.352 e. The molecule has 2 amide bonds. The summed E-state index contributed by atoms with van der Waals surface area (Å²) in [4.78, 5) is 12.0. The Kier molecular flexibility index (Phi) is 5.96. The monoisotopic (exact) mass is 366 g/mol. The number of carbonyl (C=O) groups excluding carboxylic acids is 1. The highest BCUT2D eigenvalue weighted by atomic mass is 19.3. The van der Waals surface area contributed by atoms with Gasteiger partial charge in [0.15, 0.2) is 0 Å². The molecule has 2 rings (SSSR count). The van der Waals surface area contributed by atoms with Crippen molar-refractivity contribution in [1.82, 2.24) is 5.01 Å². The second-order valence-electron chi connectivity index (χ2n) is 5.65. The molecule has 0 fully saturated rings. The molecule has 0 heterocycles. The fraction of sp³-hybridized carbons (Fsp3) is 0.235. The summed E-state index contributed by atoms with van der Waals surface area (Å²) in [6.07, 6.45) is -2.78. The molecule has 9 heteroatoms. The summed E-state index contributed by atoms with van der Waals surface area (Å²) >= 11 is 0. The van der Waals surface area contributed by atoms with Gasteiger partial charge in [0.1, 0.15) is 18.1 Å². The molecule has 2 aromatic rings. The van der Waals surface area contributed by atoms with E-state index in [-0.39, 0.29) is 29.2 Å². The van der Waals surface area contributed by atoms with E-state index < -0.39 is 12.5 Å². The van der Waals surface area contributed by atoms with Gasteiger partial charge < -0.3 is 9.84 Å².